The van der Waals surface area contributed by atoms with E-state index in [2.05, 4.69) is 0 Å². The van der Waals surface area contributed by atoms with Gasteiger partial charge in [-0.3, -0.25) is 0 Å². The highest BCUT2D eigenvalue weighted by Gasteiger charge is 2.28. The molecule has 0 aliphatic rings. The number of sulfonamides is 1. The second-order valence-electron chi connectivity index (χ2n) is 4.05. The third-order valence-electron chi connectivity index (χ3n) is 2.92. The van der Waals surface area contributed by atoms with Gasteiger partial charge in [-0.1, -0.05) is 6.92 Å². The van der Waals surface area contributed by atoms with Crippen LogP contribution < -0.4 is 0 Å². The SMILES string of the molecule is CCC(C)N(C)S(=O)(=O)c1cc(CCl)oc1C. The van der Waals surface area contributed by atoms with Crippen LogP contribution >= 0.6 is 11.6 Å². The normalized spacial score (nSPS) is 14.2. The van der Waals surface area contributed by atoms with Crippen LogP contribution in [0.2, 0.25) is 0 Å². The van der Waals surface area contributed by atoms with E-state index in [0.29, 0.717) is 11.5 Å². The van der Waals surface area contributed by atoms with Crippen molar-refractivity contribution in [3.8, 4) is 0 Å². The molecular weight excluding hydrogens is 262 g/mol. The van der Waals surface area contributed by atoms with Gasteiger partial charge >= 0.3 is 0 Å². The molecule has 0 N–H and O–H groups in total. The van der Waals surface area contributed by atoms with Gasteiger partial charge in [0.1, 0.15) is 16.4 Å². The topological polar surface area (TPSA) is 50.5 Å². The van der Waals surface area contributed by atoms with Crippen molar-refractivity contribution in [1.82, 2.24) is 4.31 Å². The average molecular weight is 280 g/mol. The monoisotopic (exact) mass is 279 g/mol. The zero-order valence-corrected chi connectivity index (χ0v) is 12.1. The van der Waals surface area contributed by atoms with Crippen molar-refractivity contribution in [2.75, 3.05) is 7.05 Å². The highest BCUT2D eigenvalue weighted by molar-refractivity contribution is 7.89. The van der Waals surface area contributed by atoms with Crippen molar-refractivity contribution >= 4 is 21.6 Å². The highest BCUT2D eigenvalue weighted by atomic mass is 35.5. The molecule has 0 radical (unpaired) electrons. The van der Waals surface area contributed by atoms with Crippen molar-refractivity contribution in [3.05, 3.63) is 17.6 Å². The van der Waals surface area contributed by atoms with Crippen LogP contribution in [-0.2, 0) is 15.9 Å². The van der Waals surface area contributed by atoms with Crippen LogP contribution in [0.15, 0.2) is 15.4 Å². The molecule has 1 aromatic rings. The molecule has 0 fully saturated rings. The van der Waals surface area contributed by atoms with E-state index in [0.717, 1.165) is 6.42 Å². The molecule has 6 heteroatoms. The second kappa shape index (κ2) is 5.42. The minimum Gasteiger partial charge on any atom is -0.464 e. The standard InChI is InChI=1S/C11H18ClNO3S/c1-5-8(2)13(4)17(14,15)11-6-10(7-12)16-9(11)3/h6,8H,5,7H2,1-4H3. The minimum absolute atomic E-state index is 0.0475. The number of hydrogen-bond acceptors (Lipinski definition) is 3. The summed E-state index contributed by atoms with van der Waals surface area (Å²) in [5.74, 6) is 1.03. The van der Waals surface area contributed by atoms with E-state index >= 15 is 0 Å². The predicted octanol–water partition coefficient (Wildman–Crippen LogP) is 2.75. The number of nitrogens with zero attached hydrogens (tertiary/aromatic N) is 1. The van der Waals surface area contributed by atoms with E-state index in [1.165, 1.54) is 10.4 Å². The zero-order valence-electron chi connectivity index (χ0n) is 10.5. The van der Waals surface area contributed by atoms with Gasteiger partial charge in [-0.25, -0.2) is 8.42 Å². The lowest BCUT2D eigenvalue weighted by Gasteiger charge is -2.22. The smallest absolute Gasteiger partial charge is 0.246 e. The summed E-state index contributed by atoms with van der Waals surface area (Å²) < 4.78 is 31.3. The predicted molar refractivity (Wildman–Crippen MR) is 67.7 cm³/mol. The van der Waals surface area contributed by atoms with E-state index < -0.39 is 10.0 Å². The second-order valence-corrected chi connectivity index (χ2v) is 6.28. The van der Waals surface area contributed by atoms with Crippen LogP contribution in [0, 0.1) is 6.92 Å². The van der Waals surface area contributed by atoms with Crippen molar-refractivity contribution < 1.29 is 12.8 Å². The number of aryl methyl sites for hydroxylation is 1. The van der Waals surface area contributed by atoms with Gasteiger partial charge in [0.05, 0.1) is 5.88 Å². The van der Waals surface area contributed by atoms with Crippen molar-refractivity contribution in [2.45, 2.75) is 44.0 Å². The number of alkyl halides is 1. The zero-order chi connectivity index (χ0) is 13.2. The van der Waals surface area contributed by atoms with Crippen LogP contribution in [0.1, 0.15) is 31.8 Å². The molecular formula is C11H18ClNO3S. The molecule has 1 heterocycles. The maximum atomic E-state index is 12.3. The van der Waals surface area contributed by atoms with E-state index in [9.17, 15) is 8.42 Å². The lowest BCUT2D eigenvalue weighted by Crippen LogP contribution is -2.34. The summed E-state index contributed by atoms with van der Waals surface area (Å²) in [7, 11) is -1.91. The molecule has 0 spiro atoms. The highest BCUT2D eigenvalue weighted by Crippen LogP contribution is 2.25. The molecule has 0 saturated heterocycles. The Bertz CT molecular complexity index is 481. The molecule has 4 nitrogen and oxygen atoms in total. The third kappa shape index (κ3) is 2.84. The van der Waals surface area contributed by atoms with Gasteiger partial charge in [0.2, 0.25) is 10.0 Å². The molecule has 0 bridgehead atoms. The van der Waals surface area contributed by atoms with Gasteiger partial charge in [0.25, 0.3) is 0 Å². The van der Waals surface area contributed by atoms with Crippen LogP contribution in [0.5, 0.6) is 0 Å². The Kier molecular flexibility index (Phi) is 4.63. The fraction of sp³-hybridized carbons (Fsp3) is 0.636. The fourth-order valence-electron chi connectivity index (χ4n) is 1.50. The molecule has 1 unspecified atom stereocenters. The van der Waals surface area contributed by atoms with Crippen LogP contribution in [0.3, 0.4) is 0 Å². The van der Waals surface area contributed by atoms with Crippen molar-refractivity contribution in [3.63, 3.8) is 0 Å². The Balaban J connectivity index is 3.17. The fourth-order valence-corrected chi connectivity index (χ4v) is 3.25. The Morgan fingerprint density at radius 1 is 1.53 bits per heavy atom. The first-order valence-corrected chi connectivity index (χ1v) is 7.45. The minimum atomic E-state index is -3.49. The van der Waals surface area contributed by atoms with Crippen LogP contribution in [0.25, 0.3) is 0 Å². The van der Waals surface area contributed by atoms with E-state index in [4.69, 9.17) is 16.0 Å². The summed E-state index contributed by atoms with van der Waals surface area (Å²) in [6.07, 6.45) is 0.759. The Hall–Kier alpha value is -0.520. The van der Waals surface area contributed by atoms with Crippen molar-refractivity contribution in [2.24, 2.45) is 0 Å². The molecule has 1 rings (SSSR count). The molecule has 1 atom stereocenters. The van der Waals surface area contributed by atoms with Gasteiger partial charge in [-0.05, 0) is 20.3 Å². The molecule has 98 valence electrons. The summed E-state index contributed by atoms with van der Waals surface area (Å²) in [6.45, 7) is 5.45. The molecule has 0 aromatic carbocycles. The summed E-state index contributed by atoms with van der Waals surface area (Å²) in [5.41, 5.74) is 0. The lowest BCUT2D eigenvalue weighted by molar-refractivity contribution is 0.379. The summed E-state index contributed by atoms with van der Waals surface area (Å²) in [6, 6.07) is 1.45. The Labute approximate surface area is 108 Å². The maximum absolute atomic E-state index is 12.3. The molecule has 0 saturated carbocycles. The van der Waals surface area contributed by atoms with Crippen molar-refractivity contribution in [1.29, 1.82) is 0 Å². The molecule has 0 amide bonds. The first-order chi connectivity index (χ1) is 7.84. The number of furan rings is 1. The van der Waals surface area contributed by atoms with Gasteiger partial charge in [-0.15, -0.1) is 11.6 Å². The molecule has 0 aliphatic heterocycles. The molecule has 0 aliphatic carbocycles. The van der Waals surface area contributed by atoms with E-state index in [-0.39, 0.29) is 16.8 Å². The third-order valence-corrected chi connectivity index (χ3v) is 5.27. The summed E-state index contributed by atoms with van der Waals surface area (Å²) >= 11 is 5.63. The van der Waals surface area contributed by atoms with Gasteiger partial charge < -0.3 is 4.42 Å². The Morgan fingerprint density at radius 2 is 2.12 bits per heavy atom. The van der Waals surface area contributed by atoms with Crippen LogP contribution in [-0.4, -0.2) is 25.8 Å². The van der Waals surface area contributed by atoms with E-state index in [1.807, 2.05) is 13.8 Å². The van der Waals surface area contributed by atoms with Gasteiger partial charge in [-0.2, -0.15) is 4.31 Å². The first kappa shape index (κ1) is 14.5. The van der Waals surface area contributed by atoms with Crippen LogP contribution in [0.4, 0.5) is 0 Å². The largest absolute Gasteiger partial charge is 0.464 e. The summed E-state index contributed by atoms with van der Waals surface area (Å²) in [5, 5.41) is 0. The molecule has 1 aromatic heterocycles. The van der Waals surface area contributed by atoms with Gasteiger partial charge in [0, 0.05) is 19.2 Å². The summed E-state index contributed by atoms with van der Waals surface area (Å²) in [4.78, 5) is 0.205. The average Bonchev–Trinajstić information content (AvgIpc) is 2.69. The number of hydrogen-bond donors (Lipinski definition) is 0. The first-order valence-electron chi connectivity index (χ1n) is 5.47. The Morgan fingerprint density at radius 3 is 2.53 bits per heavy atom. The van der Waals surface area contributed by atoms with Gasteiger partial charge in [0.15, 0.2) is 0 Å². The quantitative estimate of drug-likeness (QED) is 0.779. The van der Waals surface area contributed by atoms with E-state index in [1.54, 1.807) is 14.0 Å². The molecule has 17 heavy (non-hydrogen) atoms. The number of halogens is 1. The number of rotatable bonds is 5. The lowest BCUT2D eigenvalue weighted by atomic mass is 10.3. The maximum Gasteiger partial charge on any atom is 0.246 e.